The molecule has 0 spiro atoms. The molecular formula is C18H30N4OS. The minimum atomic E-state index is 0.192. The van der Waals surface area contributed by atoms with Crippen molar-refractivity contribution in [3.05, 3.63) is 29.8 Å². The third-order valence-electron chi connectivity index (χ3n) is 4.23. The van der Waals surface area contributed by atoms with Gasteiger partial charge in [-0.15, -0.1) is 0 Å². The van der Waals surface area contributed by atoms with Crippen molar-refractivity contribution < 1.29 is 4.74 Å². The summed E-state index contributed by atoms with van der Waals surface area (Å²) in [5, 5.41) is 6.77. The quantitative estimate of drug-likeness (QED) is 0.609. The van der Waals surface area contributed by atoms with Crippen LogP contribution < -0.4 is 15.5 Å². The molecule has 1 aliphatic heterocycles. The largest absolute Gasteiger partial charge is 0.378 e. The third-order valence-corrected chi connectivity index (χ3v) is 5.48. The van der Waals surface area contributed by atoms with Gasteiger partial charge in [0.1, 0.15) is 0 Å². The fourth-order valence-corrected chi connectivity index (χ4v) is 2.64. The van der Waals surface area contributed by atoms with Crippen molar-refractivity contribution in [2.24, 2.45) is 4.99 Å². The molecule has 0 aliphatic carbocycles. The molecule has 1 aromatic carbocycles. The highest BCUT2D eigenvalue weighted by Crippen LogP contribution is 2.19. The Kier molecular flexibility index (Phi) is 7.24. The van der Waals surface area contributed by atoms with Crippen LogP contribution in [0.25, 0.3) is 0 Å². The molecule has 0 radical (unpaired) electrons. The zero-order chi connectivity index (χ0) is 17.4. The van der Waals surface area contributed by atoms with Crippen molar-refractivity contribution >= 4 is 23.4 Å². The number of anilines is 1. The van der Waals surface area contributed by atoms with E-state index in [0.717, 1.165) is 45.4 Å². The van der Waals surface area contributed by atoms with Crippen LogP contribution in [0.1, 0.15) is 19.4 Å². The average molecular weight is 351 g/mol. The van der Waals surface area contributed by atoms with E-state index in [0.29, 0.717) is 0 Å². The van der Waals surface area contributed by atoms with Gasteiger partial charge in [-0.25, -0.2) is 0 Å². The fourth-order valence-electron chi connectivity index (χ4n) is 2.42. The molecule has 0 atom stereocenters. The van der Waals surface area contributed by atoms with E-state index in [1.54, 1.807) is 0 Å². The zero-order valence-electron chi connectivity index (χ0n) is 15.3. The SMILES string of the molecule is CN=C(NCc1ccc(N2CCOCC2)cc1)NCC(C)(C)SC. The molecule has 2 rings (SSSR count). The summed E-state index contributed by atoms with van der Waals surface area (Å²) in [6, 6.07) is 8.73. The van der Waals surface area contributed by atoms with Crippen LogP contribution in [0.4, 0.5) is 5.69 Å². The summed E-state index contributed by atoms with van der Waals surface area (Å²) < 4.78 is 5.60. The first kappa shape index (κ1) is 18.9. The highest BCUT2D eigenvalue weighted by atomic mass is 32.2. The monoisotopic (exact) mass is 350 g/mol. The Labute approximate surface area is 150 Å². The first-order chi connectivity index (χ1) is 11.5. The molecule has 6 heteroatoms. The molecule has 24 heavy (non-hydrogen) atoms. The molecule has 1 aliphatic rings. The van der Waals surface area contributed by atoms with Gasteiger partial charge in [-0.05, 0) is 37.8 Å². The second-order valence-corrected chi connectivity index (χ2v) is 8.02. The Balaban J connectivity index is 1.82. The van der Waals surface area contributed by atoms with Crippen molar-refractivity contribution in [2.45, 2.75) is 25.1 Å². The number of hydrogen-bond donors (Lipinski definition) is 2. The van der Waals surface area contributed by atoms with E-state index in [-0.39, 0.29) is 4.75 Å². The molecule has 0 amide bonds. The number of hydrogen-bond acceptors (Lipinski definition) is 4. The lowest BCUT2D eigenvalue weighted by atomic mass is 10.2. The number of morpholine rings is 1. The summed E-state index contributed by atoms with van der Waals surface area (Å²) in [5.74, 6) is 0.842. The third kappa shape index (κ3) is 5.91. The Morgan fingerprint density at radius 3 is 2.46 bits per heavy atom. The molecule has 134 valence electrons. The Morgan fingerprint density at radius 1 is 1.21 bits per heavy atom. The van der Waals surface area contributed by atoms with Crippen LogP contribution in [0, 0.1) is 0 Å². The maximum atomic E-state index is 5.40. The molecule has 2 N–H and O–H groups in total. The molecule has 0 unspecified atom stereocenters. The van der Waals surface area contributed by atoms with Crippen LogP contribution in [0.3, 0.4) is 0 Å². The van der Waals surface area contributed by atoms with Crippen LogP contribution in [-0.2, 0) is 11.3 Å². The van der Waals surface area contributed by atoms with E-state index < -0.39 is 0 Å². The van der Waals surface area contributed by atoms with E-state index in [4.69, 9.17) is 4.74 Å². The fraction of sp³-hybridized carbons (Fsp3) is 0.611. The van der Waals surface area contributed by atoms with Crippen molar-refractivity contribution in [1.82, 2.24) is 10.6 Å². The Morgan fingerprint density at radius 2 is 1.88 bits per heavy atom. The first-order valence-corrected chi connectivity index (χ1v) is 9.68. The molecular weight excluding hydrogens is 320 g/mol. The van der Waals surface area contributed by atoms with Gasteiger partial charge in [-0.1, -0.05) is 12.1 Å². The molecule has 0 bridgehead atoms. The van der Waals surface area contributed by atoms with Gasteiger partial charge in [-0.2, -0.15) is 11.8 Å². The molecule has 1 saturated heterocycles. The highest BCUT2D eigenvalue weighted by Gasteiger charge is 2.16. The summed E-state index contributed by atoms with van der Waals surface area (Å²) in [7, 11) is 1.81. The maximum absolute atomic E-state index is 5.40. The van der Waals surface area contributed by atoms with E-state index in [1.807, 2.05) is 18.8 Å². The second-order valence-electron chi connectivity index (χ2n) is 6.51. The van der Waals surface area contributed by atoms with Crippen LogP contribution in [0.5, 0.6) is 0 Å². The van der Waals surface area contributed by atoms with E-state index in [9.17, 15) is 0 Å². The molecule has 0 saturated carbocycles. The summed E-state index contributed by atoms with van der Waals surface area (Å²) in [6.07, 6.45) is 2.13. The number of ether oxygens (including phenoxy) is 1. The summed E-state index contributed by atoms with van der Waals surface area (Å²) in [6.45, 7) is 9.67. The normalized spacial score (nSPS) is 16.2. The predicted octanol–water partition coefficient (Wildman–Crippen LogP) is 2.33. The zero-order valence-corrected chi connectivity index (χ0v) is 16.1. The molecule has 1 fully saturated rings. The lowest BCUT2D eigenvalue weighted by Gasteiger charge is -2.29. The second kappa shape index (κ2) is 9.18. The van der Waals surface area contributed by atoms with E-state index in [1.165, 1.54) is 11.3 Å². The van der Waals surface area contributed by atoms with Crippen molar-refractivity contribution in [3.63, 3.8) is 0 Å². The first-order valence-electron chi connectivity index (χ1n) is 8.45. The Bertz CT molecular complexity index is 524. The van der Waals surface area contributed by atoms with Crippen molar-refractivity contribution in [1.29, 1.82) is 0 Å². The van der Waals surface area contributed by atoms with Gasteiger partial charge >= 0.3 is 0 Å². The topological polar surface area (TPSA) is 48.9 Å². The van der Waals surface area contributed by atoms with Crippen LogP contribution in [-0.4, -0.2) is 56.9 Å². The van der Waals surface area contributed by atoms with Gasteiger partial charge in [0.25, 0.3) is 0 Å². The van der Waals surface area contributed by atoms with Gasteiger partial charge in [-0.3, -0.25) is 4.99 Å². The minimum Gasteiger partial charge on any atom is -0.378 e. The van der Waals surface area contributed by atoms with Gasteiger partial charge in [0.2, 0.25) is 0 Å². The van der Waals surface area contributed by atoms with Gasteiger partial charge in [0.05, 0.1) is 13.2 Å². The summed E-state index contributed by atoms with van der Waals surface area (Å²) >= 11 is 1.85. The van der Waals surface area contributed by atoms with Crippen molar-refractivity contribution in [2.75, 3.05) is 51.1 Å². The van der Waals surface area contributed by atoms with Crippen LogP contribution in [0.15, 0.2) is 29.3 Å². The number of nitrogens with one attached hydrogen (secondary N) is 2. The standard InChI is InChI=1S/C18H30N4OS/c1-18(2,24-4)14-21-17(19-3)20-13-15-5-7-16(8-6-15)22-9-11-23-12-10-22/h5-8H,9-14H2,1-4H3,(H2,19,20,21). The smallest absolute Gasteiger partial charge is 0.191 e. The lowest BCUT2D eigenvalue weighted by Crippen LogP contribution is -2.43. The number of guanidine groups is 1. The van der Waals surface area contributed by atoms with Gasteiger partial charge < -0.3 is 20.3 Å². The number of nitrogens with zero attached hydrogens (tertiary/aromatic N) is 2. The number of benzene rings is 1. The number of rotatable bonds is 6. The van der Waals surface area contributed by atoms with Crippen LogP contribution in [0.2, 0.25) is 0 Å². The molecule has 1 heterocycles. The summed E-state index contributed by atoms with van der Waals surface area (Å²) in [5.41, 5.74) is 2.52. The predicted molar refractivity (Wildman–Crippen MR) is 105 cm³/mol. The number of aliphatic imine (C=N–C) groups is 1. The van der Waals surface area contributed by atoms with Gasteiger partial charge in [0.15, 0.2) is 5.96 Å². The highest BCUT2D eigenvalue weighted by molar-refractivity contribution is 7.99. The van der Waals surface area contributed by atoms with Crippen LogP contribution >= 0.6 is 11.8 Å². The lowest BCUT2D eigenvalue weighted by molar-refractivity contribution is 0.122. The van der Waals surface area contributed by atoms with Gasteiger partial charge in [0, 0.05) is 43.7 Å². The molecule has 1 aromatic rings. The van der Waals surface area contributed by atoms with E-state index in [2.05, 4.69) is 64.9 Å². The minimum absolute atomic E-state index is 0.192. The molecule has 5 nitrogen and oxygen atoms in total. The average Bonchev–Trinajstić information content (AvgIpc) is 2.63. The van der Waals surface area contributed by atoms with E-state index >= 15 is 0 Å². The molecule has 0 aromatic heterocycles. The maximum Gasteiger partial charge on any atom is 0.191 e. The Hall–Kier alpha value is -1.40. The number of thioether (sulfide) groups is 1. The summed E-state index contributed by atoms with van der Waals surface area (Å²) in [4.78, 5) is 6.66. The van der Waals surface area contributed by atoms with Crippen molar-refractivity contribution in [3.8, 4) is 0 Å².